The van der Waals surface area contributed by atoms with Crippen molar-refractivity contribution in [3.05, 3.63) is 11.7 Å². The molecule has 2 heterocycles. The molecular weight excluding hydrogens is 232 g/mol. The molecule has 0 bridgehead atoms. The fourth-order valence-corrected chi connectivity index (χ4v) is 2.08. The van der Waals surface area contributed by atoms with Crippen molar-refractivity contribution in [1.82, 2.24) is 20.4 Å². The lowest BCUT2D eigenvalue weighted by Gasteiger charge is -2.30. The van der Waals surface area contributed by atoms with Gasteiger partial charge in [0.05, 0.1) is 13.2 Å². The van der Waals surface area contributed by atoms with Crippen LogP contribution in [0.1, 0.15) is 38.1 Å². The molecule has 0 aliphatic carbocycles. The highest BCUT2D eigenvalue weighted by Gasteiger charge is 2.25. The van der Waals surface area contributed by atoms with Crippen LogP contribution in [0.3, 0.4) is 0 Å². The van der Waals surface area contributed by atoms with Crippen LogP contribution in [0.15, 0.2) is 4.52 Å². The van der Waals surface area contributed by atoms with Gasteiger partial charge in [-0.1, -0.05) is 19.0 Å². The topological polar surface area (TPSA) is 63.4 Å². The quantitative estimate of drug-likeness (QED) is 0.816. The van der Waals surface area contributed by atoms with Crippen molar-refractivity contribution in [1.29, 1.82) is 0 Å². The molecule has 1 aliphatic heterocycles. The van der Waals surface area contributed by atoms with Crippen LogP contribution in [0.4, 0.5) is 0 Å². The van der Waals surface area contributed by atoms with Crippen LogP contribution in [0.5, 0.6) is 0 Å². The zero-order valence-electron chi connectivity index (χ0n) is 11.2. The van der Waals surface area contributed by atoms with Crippen LogP contribution in [0.2, 0.25) is 0 Å². The summed E-state index contributed by atoms with van der Waals surface area (Å²) in [6.45, 7) is 9.43. The van der Waals surface area contributed by atoms with Crippen LogP contribution in [-0.2, 0) is 11.3 Å². The lowest BCUT2D eigenvalue weighted by Crippen LogP contribution is -2.39. The summed E-state index contributed by atoms with van der Waals surface area (Å²) in [7, 11) is 0. The third kappa shape index (κ3) is 3.51. The zero-order chi connectivity index (χ0) is 12.8. The maximum Gasteiger partial charge on any atom is 0.240 e. The van der Waals surface area contributed by atoms with Crippen LogP contribution in [0, 0.1) is 0 Å². The molecule has 1 N–H and O–H groups in total. The summed E-state index contributed by atoms with van der Waals surface area (Å²) < 4.78 is 10.9. The second kappa shape index (κ2) is 6.82. The van der Waals surface area contributed by atoms with Gasteiger partial charge in [0, 0.05) is 13.1 Å². The Morgan fingerprint density at radius 1 is 1.44 bits per heavy atom. The number of hydrogen-bond acceptors (Lipinski definition) is 6. The molecule has 2 rings (SSSR count). The Kier molecular flexibility index (Phi) is 5.10. The minimum Gasteiger partial charge on any atom is -0.367 e. The average Bonchev–Trinajstić information content (AvgIpc) is 2.86. The summed E-state index contributed by atoms with van der Waals surface area (Å²) in [6, 6.07) is 0. The van der Waals surface area contributed by atoms with Gasteiger partial charge in [0.1, 0.15) is 6.10 Å². The molecule has 1 unspecified atom stereocenters. The number of rotatable bonds is 6. The van der Waals surface area contributed by atoms with Crippen molar-refractivity contribution >= 4 is 0 Å². The van der Waals surface area contributed by atoms with E-state index in [1.807, 2.05) is 6.92 Å². The molecule has 0 spiro atoms. The van der Waals surface area contributed by atoms with Gasteiger partial charge in [0.15, 0.2) is 0 Å². The molecule has 0 saturated carbocycles. The molecule has 102 valence electrons. The molecule has 1 aliphatic rings. The van der Waals surface area contributed by atoms with E-state index in [1.54, 1.807) is 0 Å². The van der Waals surface area contributed by atoms with Crippen molar-refractivity contribution in [3.8, 4) is 0 Å². The van der Waals surface area contributed by atoms with Crippen LogP contribution in [-0.4, -0.2) is 47.8 Å². The number of hydrogen-bond donors (Lipinski definition) is 1. The van der Waals surface area contributed by atoms with Crippen molar-refractivity contribution in [2.45, 2.75) is 32.9 Å². The van der Waals surface area contributed by atoms with Gasteiger partial charge in [-0.05, 0) is 19.5 Å². The Bertz CT molecular complexity index is 354. The lowest BCUT2D eigenvalue weighted by atomic mass is 10.2. The van der Waals surface area contributed by atoms with E-state index in [4.69, 9.17) is 9.26 Å². The summed E-state index contributed by atoms with van der Waals surface area (Å²) in [5.74, 6) is 1.30. The van der Waals surface area contributed by atoms with E-state index in [2.05, 4.69) is 27.3 Å². The van der Waals surface area contributed by atoms with Gasteiger partial charge in [-0.3, -0.25) is 4.90 Å². The normalized spacial score (nSPS) is 21.3. The van der Waals surface area contributed by atoms with Gasteiger partial charge in [0.25, 0.3) is 0 Å². The average molecular weight is 254 g/mol. The van der Waals surface area contributed by atoms with Gasteiger partial charge < -0.3 is 14.6 Å². The fraction of sp³-hybridized carbons (Fsp3) is 0.833. The number of nitrogens with one attached hydrogen (secondary N) is 1. The van der Waals surface area contributed by atoms with E-state index in [0.29, 0.717) is 18.3 Å². The molecule has 6 nitrogen and oxygen atoms in total. The number of nitrogens with zero attached hydrogens (tertiary/aromatic N) is 3. The van der Waals surface area contributed by atoms with Gasteiger partial charge in [0.2, 0.25) is 11.7 Å². The Balaban J connectivity index is 1.91. The maximum atomic E-state index is 5.71. The summed E-state index contributed by atoms with van der Waals surface area (Å²) in [5.41, 5.74) is 0. The second-order valence-corrected chi connectivity index (χ2v) is 4.49. The van der Waals surface area contributed by atoms with Crippen molar-refractivity contribution < 1.29 is 9.26 Å². The van der Waals surface area contributed by atoms with Gasteiger partial charge in [-0.2, -0.15) is 4.98 Å². The standard InChI is InChI=1S/C12H22N4O2/c1-3-5-16-6-7-17-10(9-16)12-14-11(18-15-12)8-13-4-2/h10,13H,3-9H2,1-2H3. The molecule has 0 amide bonds. The van der Waals surface area contributed by atoms with E-state index in [0.717, 1.165) is 39.2 Å². The van der Waals surface area contributed by atoms with E-state index < -0.39 is 0 Å². The summed E-state index contributed by atoms with van der Waals surface area (Å²) in [6.07, 6.45) is 1.11. The molecule has 1 fully saturated rings. The zero-order valence-corrected chi connectivity index (χ0v) is 11.2. The minimum atomic E-state index is -0.0515. The van der Waals surface area contributed by atoms with E-state index >= 15 is 0 Å². The van der Waals surface area contributed by atoms with Crippen molar-refractivity contribution in [2.24, 2.45) is 0 Å². The first-order valence-corrected chi connectivity index (χ1v) is 6.70. The molecule has 1 saturated heterocycles. The summed E-state index contributed by atoms with van der Waals surface area (Å²) in [4.78, 5) is 6.76. The highest BCUT2D eigenvalue weighted by atomic mass is 16.5. The Morgan fingerprint density at radius 3 is 3.11 bits per heavy atom. The highest BCUT2D eigenvalue weighted by molar-refractivity contribution is 4.94. The monoisotopic (exact) mass is 254 g/mol. The Morgan fingerprint density at radius 2 is 2.33 bits per heavy atom. The summed E-state index contributed by atoms with van der Waals surface area (Å²) in [5, 5.41) is 7.17. The molecule has 0 aromatic carbocycles. The lowest BCUT2D eigenvalue weighted by molar-refractivity contribution is -0.0350. The van der Waals surface area contributed by atoms with Crippen LogP contribution >= 0.6 is 0 Å². The second-order valence-electron chi connectivity index (χ2n) is 4.49. The molecule has 1 atom stereocenters. The number of morpholine rings is 1. The molecule has 18 heavy (non-hydrogen) atoms. The molecule has 1 aromatic rings. The van der Waals surface area contributed by atoms with Gasteiger partial charge in [-0.25, -0.2) is 0 Å². The predicted octanol–water partition coefficient (Wildman–Crippen LogP) is 0.962. The first kappa shape index (κ1) is 13.5. The first-order valence-electron chi connectivity index (χ1n) is 6.70. The van der Waals surface area contributed by atoms with Gasteiger partial charge in [-0.15, -0.1) is 0 Å². The molecule has 6 heteroatoms. The summed E-state index contributed by atoms with van der Waals surface area (Å²) >= 11 is 0. The maximum absolute atomic E-state index is 5.71. The predicted molar refractivity (Wildman–Crippen MR) is 67.1 cm³/mol. The fourth-order valence-electron chi connectivity index (χ4n) is 2.08. The number of ether oxygens (including phenoxy) is 1. The van der Waals surface area contributed by atoms with Gasteiger partial charge >= 0.3 is 0 Å². The third-order valence-electron chi connectivity index (χ3n) is 2.99. The Hall–Kier alpha value is -0.980. The van der Waals surface area contributed by atoms with E-state index in [-0.39, 0.29) is 6.10 Å². The highest BCUT2D eigenvalue weighted by Crippen LogP contribution is 2.19. The molecule has 0 radical (unpaired) electrons. The third-order valence-corrected chi connectivity index (χ3v) is 2.99. The van der Waals surface area contributed by atoms with Crippen molar-refractivity contribution in [3.63, 3.8) is 0 Å². The molecular formula is C12H22N4O2. The van der Waals surface area contributed by atoms with Crippen LogP contribution < -0.4 is 5.32 Å². The smallest absolute Gasteiger partial charge is 0.240 e. The van der Waals surface area contributed by atoms with E-state index in [1.165, 1.54) is 0 Å². The molecule has 1 aromatic heterocycles. The van der Waals surface area contributed by atoms with E-state index in [9.17, 15) is 0 Å². The number of aromatic nitrogens is 2. The SMILES string of the molecule is CCCN1CCOC(c2noc(CNCC)n2)C1. The Labute approximate surface area is 108 Å². The van der Waals surface area contributed by atoms with Crippen LogP contribution in [0.25, 0.3) is 0 Å². The first-order chi connectivity index (χ1) is 8.83. The minimum absolute atomic E-state index is 0.0515. The van der Waals surface area contributed by atoms with Crippen molar-refractivity contribution in [2.75, 3.05) is 32.8 Å². The largest absolute Gasteiger partial charge is 0.367 e.